The number of hydrazone groups is 1. The van der Waals surface area contributed by atoms with Crippen molar-refractivity contribution in [3.8, 4) is 5.75 Å². The van der Waals surface area contributed by atoms with Crippen LogP contribution in [0, 0.1) is 13.8 Å². The zero-order valence-electron chi connectivity index (χ0n) is 13.7. The van der Waals surface area contributed by atoms with E-state index in [0.29, 0.717) is 10.2 Å². The van der Waals surface area contributed by atoms with E-state index in [0.717, 1.165) is 16.0 Å². The molecule has 0 fully saturated rings. The zero-order chi connectivity index (χ0) is 18.0. The first-order chi connectivity index (χ1) is 12.0. The molecular formula is C17H16N4O3S. The molecule has 0 aliphatic heterocycles. The summed E-state index contributed by atoms with van der Waals surface area (Å²) >= 11 is 1.47. The number of hydrogen-bond donors (Lipinski definition) is 2. The van der Waals surface area contributed by atoms with Gasteiger partial charge in [0.05, 0.1) is 17.9 Å². The minimum Gasteiger partial charge on any atom is -0.508 e. The number of aryl methyl sites for hydroxylation is 2. The molecule has 8 heteroatoms. The lowest BCUT2D eigenvalue weighted by Gasteiger charge is -2.04. The van der Waals surface area contributed by atoms with E-state index < -0.39 is 5.91 Å². The Balaban J connectivity index is 1.71. The van der Waals surface area contributed by atoms with Gasteiger partial charge in [-0.25, -0.2) is 10.4 Å². The molecule has 2 N–H and O–H groups in total. The largest absolute Gasteiger partial charge is 0.508 e. The Kier molecular flexibility index (Phi) is 4.62. The number of carbonyl (C=O) groups is 1. The van der Waals surface area contributed by atoms with E-state index in [2.05, 4.69) is 15.5 Å². The SMILES string of the molecule is Cc1sc2ncn(CC(=O)N/N=C/c3ccc(O)cc3)c(=O)c2c1C. The van der Waals surface area contributed by atoms with Crippen molar-refractivity contribution in [3.63, 3.8) is 0 Å². The van der Waals surface area contributed by atoms with Gasteiger partial charge < -0.3 is 5.11 Å². The number of phenols is 1. The van der Waals surface area contributed by atoms with Gasteiger partial charge in [-0.15, -0.1) is 11.3 Å². The van der Waals surface area contributed by atoms with Crippen LogP contribution in [0.1, 0.15) is 16.0 Å². The summed E-state index contributed by atoms with van der Waals surface area (Å²) in [6, 6.07) is 6.37. The predicted octanol–water partition coefficient (Wildman–Crippen LogP) is 1.93. The number of nitrogens with one attached hydrogen (secondary N) is 1. The summed E-state index contributed by atoms with van der Waals surface area (Å²) < 4.78 is 1.27. The van der Waals surface area contributed by atoms with Gasteiger partial charge in [0.1, 0.15) is 17.1 Å². The molecule has 1 aromatic carbocycles. The van der Waals surface area contributed by atoms with Crippen molar-refractivity contribution in [1.29, 1.82) is 0 Å². The minimum atomic E-state index is -0.428. The molecule has 2 heterocycles. The van der Waals surface area contributed by atoms with Gasteiger partial charge in [-0.2, -0.15) is 5.10 Å². The van der Waals surface area contributed by atoms with Gasteiger partial charge in [0.25, 0.3) is 11.5 Å². The van der Waals surface area contributed by atoms with E-state index in [-0.39, 0.29) is 17.9 Å². The van der Waals surface area contributed by atoms with E-state index in [4.69, 9.17) is 0 Å². The highest BCUT2D eigenvalue weighted by Crippen LogP contribution is 2.25. The second-order valence-corrected chi connectivity index (χ2v) is 6.73. The second-order valence-electron chi connectivity index (χ2n) is 5.53. The summed E-state index contributed by atoms with van der Waals surface area (Å²) in [7, 11) is 0. The van der Waals surface area contributed by atoms with Crippen molar-refractivity contribution >= 4 is 33.7 Å². The van der Waals surface area contributed by atoms with Crippen LogP contribution in [-0.2, 0) is 11.3 Å². The smallest absolute Gasteiger partial charge is 0.262 e. The third-order valence-electron chi connectivity index (χ3n) is 3.77. The lowest BCUT2D eigenvalue weighted by atomic mass is 10.2. The molecule has 3 aromatic rings. The Labute approximate surface area is 147 Å². The van der Waals surface area contributed by atoms with Gasteiger partial charge in [-0.3, -0.25) is 14.2 Å². The number of aromatic hydroxyl groups is 1. The molecule has 0 spiro atoms. The van der Waals surface area contributed by atoms with Gasteiger partial charge in [0.15, 0.2) is 0 Å². The van der Waals surface area contributed by atoms with Crippen LogP contribution in [0.5, 0.6) is 5.75 Å². The highest BCUT2D eigenvalue weighted by Gasteiger charge is 2.13. The number of aromatic nitrogens is 2. The first-order valence-electron chi connectivity index (χ1n) is 7.52. The lowest BCUT2D eigenvalue weighted by Crippen LogP contribution is -2.30. The molecule has 3 rings (SSSR count). The molecule has 2 aromatic heterocycles. The Bertz CT molecular complexity index is 1020. The molecule has 0 unspecified atom stereocenters. The summed E-state index contributed by atoms with van der Waals surface area (Å²) in [4.78, 5) is 30.5. The van der Waals surface area contributed by atoms with Crippen LogP contribution in [0.2, 0.25) is 0 Å². The number of phenolic OH excluding ortho intramolecular Hbond substituents is 1. The summed E-state index contributed by atoms with van der Waals surface area (Å²) in [6.07, 6.45) is 2.83. The fourth-order valence-corrected chi connectivity index (χ4v) is 3.30. The third-order valence-corrected chi connectivity index (χ3v) is 4.88. The molecule has 0 atom stereocenters. The molecule has 25 heavy (non-hydrogen) atoms. The lowest BCUT2D eigenvalue weighted by molar-refractivity contribution is -0.121. The van der Waals surface area contributed by atoms with Crippen LogP contribution in [-0.4, -0.2) is 26.8 Å². The van der Waals surface area contributed by atoms with Gasteiger partial charge >= 0.3 is 0 Å². The van der Waals surface area contributed by atoms with Gasteiger partial charge in [-0.05, 0) is 49.2 Å². The molecule has 0 aliphatic rings. The number of benzene rings is 1. The van der Waals surface area contributed by atoms with Gasteiger partial charge in [0.2, 0.25) is 0 Å². The van der Waals surface area contributed by atoms with Crippen molar-refractivity contribution in [3.05, 3.63) is 57.0 Å². The summed E-state index contributed by atoms with van der Waals surface area (Å²) in [5.74, 6) is -0.273. The molecule has 0 radical (unpaired) electrons. The van der Waals surface area contributed by atoms with Crippen molar-refractivity contribution in [2.75, 3.05) is 0 Å². The number of carbonyl (C=O) groups excluding carboxylic acids is 1. The monoisotopic (exact) mass is 356 g/mol. The maximum atomic E-state index is 12.5. The molecule has 0 saturated heterocycles. The van der Waals surface area contributed by atoms with Crippen LogP contribution in [0.15, 0.2) is 40.5 Å². The van der Waals surface area contributed by atoms with Crippen LogP contribution >= 0.6 is 11.3 Å². The van der Waals surface area contributed by atoms with Gasteiger partial charge in [0, 0.05) is 4.88 Å². The van der Waals surface area contributed by atoms with Crippen LogP contribution in [0.4, 0.5) is 0 Å². The number of fused-ring (bicyclic) bond motifs is 1. The Morgan fingerprint density at radius 2 is 2.08 bits per heavy atom. The first kappa shape index (κ1) is 16.8. The highest BCUT2D eigenvalue weighted by molar-refractivity contribution is 7.18. The molecule has 7 nitrogen and oxygen atoms in total. The van der Waals surface area contributed by atoms with Crippen molar-refractivity contribution in [1.82, 2.24) is 15.0 Å². The quantitative estimate of drug-likeness (QED) is 0.551. The van der Waals surface area contributed by atoms with E-state index in [9.17, 15) is 14.7 Å². The number of rotatable bonds is 4. The highest BCUT2D eigenvalue weighted by atomic mass is 32.1. The standard InChI is InChI=1S/C17H16N4O3S/c1-10-11(2)25-16-15(10)17(24)21(9-18-16)8-14(23)20-19-7-12-3-5-13(22)6-4-12/h3-7,9,22H,8H2,1-2H3,(H,20,23)/b19-7+. The Morgan fingerprint density at radius 1 is 1.36 bits per heavy atom. The molecule has 0 bridgehead atoms. The van der Waals surface area contributed by atoms with Crippen molar-refractivity contribution in [2.45, 2.75) is 20.4 Å². The molecule has 128 valence electrons. The van der Waals surface area contributed by atoms with Crippen LogP contribution in [0.25, 0.3) is 10.2 Å². The topological polar surface area (TPSA) is 96.6 Å². The molecule has 1 amide bonds. The number of hydrogen-bond acceptors (Lipinski definition) is 6. The average Bonchev–Trinajstić information content (AvgIpc) is 2.87. The van der Waals surface area contributed by atoms with Crippen molar-refractivity contribution < 1.29 is 9.90 Å². The van der Waals surface area contributed by atoms with E-state index in [1.165, 1.54) is 40.6 Å². The normalized spacial score (nSPS) is 11.3. The van der Waals surface area contributed by atoms with Crippen LogP contribution in [0.3, 0.4) is 0 Å². The van der Waals surface area contributed by atoms with Crippen molar-refractivity contribution in [2.24, 2.45) is 5.10 Å². The predicted molar refractivity (Wildman–Crippen MR) is 97.2 cm³/mol. The maximum Gasteiger partial charge on any atom is 0.262 e. The third kappa shape index (κ3) is 3.58. The molecule has 0 saturated carbocycles. The fourth-order valence-electron chi connectivity index (χ4n) is 2.31. The first-order valence-corrected chi connectivity index (χ1v) is 8.33. The van der Waals surface area contributed by atoms with E-state index in [1.807, 2.05) is 13.8 Å². The number of thiophene rings is 1. The average molecular weight is 356 g/mol. The zero-order valence-corrected chi connectivity index (χ0v) is 14.5. The Morgan fingerprint density at radius 3 is 2.80 bits per heavy atom. The number of amides is 1. The summed E-state index contributed by atoms with van der Waals surface area (Å²) in [5, 5.41) is 13.6. The second kappa shape index (κ2) is 6.86. The number of nitrogens with zero attached hydrogens (tertiary/aromatic N) is 3. The maximum absolute atomic E-state index is 12.5. The van der Waals surface area contributed by atoms with Crippen LogP contribution < -0.4 is 11.0 Å². The Hall–Kier alpha value is -3.00. The minimum absolute atomic E-state index is 0.155. The molecule has 0 aliphatic carbocycles. The molecular weight excluding hydrogens is 340 g/mol. The summed E-state index contributed by atoms with van der Waals surface area (Å²) in [5.41, 5.74) is 3.77. The fraction of sp³-hybridized carbons (Fsp3) is 0.176. The van der Waals surface area contributed by atoms with E-state index in [1.54, 1.807) is 12.1 Å². The van der Waals surface area contributed by atoms with Gasteiger partial charge in [-0.1, -0.05) is 0 Å². The van der Waals surface area contributed by atoms with E-state index >= 15 is 0 Å². The summed E-state index contributed by atoms with van der Waals surface area (Å²) in [6.45, 7) is 3.66.